The molecule has 2 heterocycles. The lowest BCUT2D eigenvalue weighted by Crippen LogP contribution is -2.08. The number of anilines is 1. The lowest BCUT2D eigenvalue weighted by Gasteiger charge is -2.11. The summed E-state index contributed by atoms with van der Waals surface area (Å²) in [6, 6.07) is 7.97. The number of nitrogens with one attached hydrogen (secondary N) is 1. The largest absolute Gasteiger partial charge is 0.493 e. The predicted octanol–water partition coefficient (Wildman–Crippen LogP) is 6.63. The first-order valence-corrected chi connectivity index (χ1v) is 12.1. The van der Waals surface area contributed by atoms with Crippen molar-refractivity contribution in [3.8, 4) is 11.5 Å². The quantitative estimate of drug-likeness (QED) is 0.311. The third-order valence-electron chi connectivity index (χ3n) is 5.00. The number of nitrogens with zero attached hydrogens (tertiary/aromatic N) is 2. The fourth-order valence-corrected chi connectivity index (χ4v) is 3.63. The van der Waals surface area contributed by atoms with Gasteiger partial charge in [0.2, 0.25) is 0 Å². The summed E-state index contributed by atoms with van der Waals surface area (Å²) in [6.45, 7) is 10.5. The van der Waals surface area contributed by atoms with Crippen LogP contribution < -0.4 is 14.8 Å². The standard InChI is InChI=1S/C13H15BrN2O2.C10H12FN.C2H6/c1-9-10-6-13(18-5-3-4-14)12(17-2)7-11(10)16-8-15-9;1-6-3-4-9-8(10(6)11)5-7(2)12-9;1-2/h6-8H,3-5H2,1-2H3;3-4,7,12H,5H2,1-2H3;1-2H3. The molecule has 1 atom stereocenters. The van der Waals surface area contributed by atoms with E-state index in [0.717, 1.165) is 57.3 Å². The lowest BCUT2D eigenvalue weighted by molar-refractivity contribution is 0.296. The van der Waals surface area contributed by atoms with Gasteiger partial charge < -0.3 is 14.8 Å². The maximum atomic E-state index is 13.4. The minimum absolute atomic E-state index is 0.0376. The van der Waals surface area contributed by atoms with Crippen molar-refractivity contribution in [2.75, 3.05) is 24.4 Å². The molecule has 0 aliphatic carbocycles. The molecule has 0 spiro atoms. The minimum Gasteiger partial charge on any atom is -0.493 e. The van der Waals surface area contributed by atoms with E-state index in [-0.39, 0.29) is 5.82 Å². The Morgan fingerprint density at radius 2 is 1.91 bits per heavy atom. The highest BCUT2D eigenvalue weighted by molar-refractivity contribution is 9.09. The second-order valence-electron chi connectivity index (χ2n) is 7.34. The zero-order chi connectivity index (χ0) is 23.7. The second-order valence-corrected chi connectivity index (χ2v) is 8.14. The molecule has 1 aliphatic heterocycles. The molecule has 5 nitrogen and oxygen atoms in total. The fraction of sp³-hybridized carbons (Fsp3) is 0.440. The van der Waals surface area contributed by atoms with Crippen LogP contribution >= 0.6 is 15.9 Å². The molecule has 4 rings (SSSR count). The maximum Gasteiger partial charge on any atom is 0.162 e. The summed E-state index contributed by atoms with van der Waals surface area (Å²) in [7, 11) is 1.63. The molecule has 0 fully saturated rings. The van der Waals surface area contributed by atoms with E-state index in [1.807, 2.05) is 45.0 Å². The van der Waals surface area contributed by atoms with E-state index >= 15 is 0 Å². The van der Waals surface area contributed by atoms with Crippen LogP contribution in [0.15, 0.2) is 30.6 Å². The van der Waals surface area contributed by atoms with E-state index < -0.39 is 0 Å². The van der Waals surface area contributed by atoms with Gasteiger partial charge in [0.1, 0.15) is 12.1 Å². The Hall–Kier alpha value is -2.41. The highest BCUT2D eigenvalue weighted by Gasteiger charge is 2.20. The first kappa shape index (κ1) is 25.8. The molecule has 174 valence electrons. The van der Waals surface area contributed by atoms with E-state index in [4.69, 9.17) is 9.47 Å². The summed E-state index contributed by atoms with van der Waals surface area (Å²) in [5.41, 5.74) is 4.36. The van der Waals surface area contributed by atoms with Crippen LogP contribution in [0, 0.1) is 19.7 Å². The number of aromatic nitrogens is 2. The summed E-state index contributed by atoms with van der Waals surface area (Å²) in [5.74, 6) is 1.41. The number of alkyl halides is 1. The van der Waals surface area contributed by atoms with E-state index in [2.05, 4.69) is 38.1 Å². The van der Waals surface area contributed by atoms with Crippen LogP contribution in [0.1, 0.15) is 44.0 Å². The van der Waals surface area contributed by atoms with Crippen LogP contribution in [0.3, 0.4) is 0 Å². The molecule has 32 heavy (non-hydrogen) atoms. The van der Waals surface area contributed by atoms with Crippen molar-refractivity contribution in [2.24, 2.45) is 0 Å². The normalized spacial score (nSPS) is 13.8. The first-order valence-electron chi connectivity index (χ1n) is 11.0. The smallest absolute Gasteiger partial charge is 0.162 e. The average Bonchev–Trinajstić information content (AvgIpc) is 3.19. The molecule has 0 amide bonds. The van der Waals surface area contributed by atoms with E-state index in [1.54, 1.807) is 20.4 Å². The summed E-state index contributed by atoms with van der Waals surface area (Å²) >= 11 is 3.38. The Balaban J connectivity index is 0.000000224. The highest BCUT2D eigenvalue weighted by atomic mass is 79.9. The molecule has 1 unspecified atom stereocenters. The molecular formula is C25H33BrFN3O2. The molecule has 1 aliphatic rings. The van der Waals surface area contributed by atoms with Crippen LogP contribution in [-0.4, -0.2) is 35.1 Å². The Bertz CT molecular complexity index is 1030. The number of aryl methyl sites for hydroxylation is 2. The van der Waals surface area contributed by atoms with Gasteiger partial charge in [-0.1, -0.05) is 35.8 Å². The molecule has 3 aromatic rings. The van der Waals surface area contributed by atoms with Gasteiger partial charge in [0, 0.05) is 39.8 Å². The van der Waals surface area contributed by atoms with Gasteiger partial charge in [-0.05, 0) is 51.3 Å². The molecule has 0 saturated heterocycles. The number of hydrogen-bond donors (Lipinski definition) is 1. The van der Waals surface area contributed by atoms with E-state index in [9.17, 15) is 4.39 Å². The highest BCUT2D eigenvalue weighted by Crippen LogP contribution is 2.32. The lowest BCUT2D eigenvalue weighted by atomic mass is 10.1. The van der Waals surface area contributed by atoms with Gasteiger partial charge in [0.15, 0.2) is 11.5 Å². The molecule has 0 radical (unpaired) electrons. The van der Waals surface area contributed by atoms with Gasteiger partial charge in [-0.25, -0.2) is 14.4 Å². The number of fused-ring (bicyclic) bond motifs is 2. The van der Waals surface area contributed by atoms with Crippen molar-refractivity contribution < 1.29 is 13.9 Å². The van der Waals surface area contributed by atoms with Crippen molar-refractivity contribution >= 4 is 32.5 Å². The number of rotatable bonds is 5. The van der Waals surface area contributed by atoms with Crippen LogP contribution in [0.25, 0.3) is 10.9 Å². The number of methoxy groups -OCH3 is 1. The van der Waals surface area contributed by atoms with E-state index in [1.165, 1.54) is 0 Å². The third-order valence-corrected chi connectivity index (χ3v) is 5.56. The Morgan fingerprint density at radius 3 is 2.59 bits per heavy atom. The topological polar surface area (TPSA) is 56.3 Å². The Kier molecular flexibility index (Phi) is 10.2. The van der Waals surface area contributed by atoms with Gasteiger partial charge in [0.05, 0.1) is 19.2 Å². The van der Waals surface area contributed by atoms with Crippen LogP contribution in [0.2, 0.25) is 0 Å². The molecule has 1 N–H and O–H groups in total. The van der Waals surface area contributed by atoms with Crippen molar-refractivity contribution in [3.05, 3.63) is 53.2 Å². The van der Waals surface area contributed by atoms with E-state index in [0.29, 0.717) is 18.4 Å². The number of benzene rings is 2. The second kappa shape index (κ2) is 12.6. The summed E-state index contributed by atoms with van der Waals surface area (Å²) in [5, 5.41) is 5.14. The Labute approximate surface area is 198 Å². The molecule has 2 aromatic carbocycles. The summed E-state index contributed by atoms with van der Waals surface area (Å²) in [4.78, 5) is 8.42. The minimum atomic E-state index is -0.0376. The number of halogens is 2. The maximum absolute atomic E-state index is 13.4. The molecule has 0 saturated carbocycles. The molecule has 0 bridgehead atoms. The number of ether oxygens (including phenoxy) is 2. The average molecular weight is 506 g/mol. The Morgan fingerprint density at radius 1 is 1.16 bits per heavy atom. The zero-order valence-electron chi connectivity index (χ0n) is 19.8. The fourth-order valence-electron chi connectivity index (χ4n) is 3.40. The summed E-state index contributed by atoms with van der Waals surface area (Å²) < 4.78 is 24.5. The van der Waals surface area contributed by atoms with Crippen LogP contribution in [0.5, 0.6) is 11.5 Å². The van der Waals surface area contributed by atoms with Gasteiger partial charge in [-0.2, -0.15) is 0 Å². The van der Waals surface area contributed by atoms with Crippen molar-refractivity contribution in [1.29, 1.82) is 0 Å². The van der Waals surface area contributed by atoms with Crippen molar-refractivity contribution in [2.45, 2.75) is 53.5 Å². The SMILES string of the molecule is CC.COc1cc2ncnc(C)c2cc1OCCCBr.Cc1ccc2c(c1F)CC(C)N2. The van der Waals surface area contributed by atoms with Gasteiger partial charge in [-0.3, -0.25) is 0 Å². The van der Waals surface area contributed by atoms with Crippen LogP contribution in [-0.2, 0) is 6.42 Å². The van der Waals surface area contributed by atoms with Gasteiger partial charge >= 0.3 is 0 Å². The number of hydrogen-bond acceptors (Lipinski definition) is 5. The first-order chi connectivity index (χ1) is 15.4. The third kappa shape index (κ3) is 6.31. The van der Waals surface area contributed by atoms with Gasteiger partial charge in [0.25, 0.3) is 0 Å². The summed E-state index contributed by atoms with van der Waals surface area (Å²) in [6.07, 6.45) is 3.32. The van der Waals surface area contributed by atoms with Crippen LogP contribution in [0.4, 0.5) is 10.1 Å². The van der Waals surface area contributed by atoms with Crippen molar-refractivity contribution in [3.63, 3.8) is 0 Å². The predicted molar refractivity (Wildman–Crippen MR) is 134 cm³/mol. The van der Waals surface area contributed by atoms with Gasteiger partial charge in [-0.15, -0.1) is 0 Å². The molecule has 7 heteroatoms. The zero-order valence-corrected chi connectivity index (χ0v) is 21.3. The van der Waals surface area contributed by atoms with Crippen molar-refractivity contribution in [1.82, 2.24) is 9.97 Å². The molecular weight excluding hydrogens is 473 g/mol. The monoisotopic (exact) mass is 505 g/mol. The molecule has 1 aromatic heterocycles.